The van der Waals surface area contributed by atoms with Crippen molar-refractivity contribution in [3.8, 4) is 5.75 Å². The van der Waals surface area contributed by atoms with Gasteiger partial charge in [-0.15, -0.1) is 0 Å². The van der Waals surface area contributed by atoms with Gasteiger partial charge in [0.05, 0.1) is 18.7 Å². The van der Waals surface area contributed by atoms with Crippen molar-refractivity contribution >= 4 is 46.3 Å². The van der Waals surface area contributed by atoms with Crippen LogP contribution in [-0.4, -0.2) is 24.5 Å². The number of Topliss-reactive ketones (excluding diaryl/α,β-unsaturated/α-hetero) is 1. The Morgan fingerprint density at radius 3 is 2.65 bits per heavy atom. The van der Waals surface area contributed by atoms with Crippen molar-refractivity contribution < 1.29 is 14.3 Å². The van der Waals surface area contributed by atoms with Crippen LogP contribution < -0.4 is 10.1 Å². The summed E-state index contributed by atoms with van der Waals surface area (Å²) >= 11 is 12.7. The third-order valence-corrected chi connectivity index (χ3v) is 6.37. The summed E-state index contributed by atoms with van der Waals surface area (Å²) < 4.78 is 5.36. The van der Waals surface area contributed by atoms with Crippen molar-refractivity contribution in [2.75, 3.05) is 12.4 Å². The summed E-state index contributed by atoms with van der Waals surface area (Å²) in [5.74, 6) is -0.742. The maximum atomic E-state index is 13.5. The Morgan fingerprint density at radius 2 is 1.90 bits per heavy atom. The molecule has 0 spiro atoms. The van der Waals surface area contributed by atoms with E-state index in [9.17, 15) is 9.59 Å². The first-order valence-electron chi connectivity index (χ1n) is 10.1. The van der Waals surface area contributed by atoms with Crippen molar-refractivity contribution in [1.29, 1.82) is 0 Å². The van der Waals surface area contributed by atoms with E-state index in [2.05, 4.69) is 10.3 Å². The quantitative estimate of drug-likeness (QED) is 0.629. The first kappa shape index (κ1) is 21.6. The molecule has 1 aliphatic carbocycles. The van der Waals surface area contributed by atoms with Gasteiger partial charge in [0.2, 0.25) is 0 Å². The molecule has 7 heteroatoms. The maximum Gasteiger partial charge on any atom is 0.254 e. The molecule has 2 aromatic rings. The number of ether oxygens (including phenoxy) is 1. The molecule has 0 radical (unpaired) electrons. The first-order chi connectivity index (χ1) is 14.9. The molecule has 0 bridgehead atoms. The highest BCUT2D eigenvalue weighted by Gasteiger charge is 2.44. The van der Waals surface area contributed by atoms with Crippen molar-refractivity contribution in [2.24, 2.45) is 10.9 Å². The monoisotopic (exact) mass is 456 g/mol. The van der Waals surface area contributed by atoms with E-state index in [1.54, 1.807) is 44.4 Å². The van der Waals surface area contributed by atoms with Gasteiger partial charge in [-0.3, -0.25) is 14.6 Å². The van der Waals surface area contributed by atoms with Gasteiger partial charge in [0, 0.05) is 39.4 Å². The predicted molar refractivity (Wildman–Crippen MR) is 123 cm³/mol. The lowest BCUT2D eigenvalue weighted by Gasteiger charge is -2.36. The Hall–Kier alpha value is -2.63. The summed E-state index contributed by atoms with van der Waals surface area (Å²) in [6, 6.07) is 12.3. The lowest BCUT2D eigenvalue weighted by Crippen LogP contribution is -2.39. The van der Waals surface area contributed by atoms with Gasteiger partial charge in [-0.2, -0.15) is 0 Å². The third-order valence-electron chi connectivity index (χ3n) is 5.80. The smallest absolute Gasteiger partial charge is 0.254 e. The fourth-order valence-corrected chi connectivity index (χ4v) is 4.97. The standard InChI is InChI=1S/C24H22Cl2N2O3/c1-13-21(24(30)28-17-6-3-4-9-20(17)31-2)22(15-11-10-14(25)12-16(15)26)23-18(27-13)7-5-8-19(23)29/h3-4,6,9-12,22-23H,5,7-8H2,1-2H3,(H,28,30)/t22-,23+/m0/s1. The van der Waals surface area contributed by atoms with Crippen LogP contribution in [0.2, 0.25) is 10.0 Å². The second kappa shape index (κ2) is 8.85. The average Bonchev–Trinajstić information content (AvgIpc) is 2.73. The highest BCUT2D eigenvalue weighted by atomic mass is 35.5. The van der Waals surface area contributed by atoms with Crippen LogP contribution in [0, 0.1) is 5.92 Å². The van der Waals surface area contributed by atoms with E-state index in [0.717, 1.165) is 18.6 Å². The number of nitrogens with zero attached hydrogens (tertiary/aromatic N) is 1. The molecule has 1 saturated carbocycles. The van der Waals surface area contributed by atoms with E-state index in [1.165, 1.54) is 0 Å². The van der Waals surface area contributed by atoms with Crippen LogP contribution in [0.25, 0.3) is 0 Å². The van der Waals surface area contributed by atoms with E-state index in [-0.39, 0.29) is 11.7 Å². The van der Waals surface area contributed by atoms with Crippen LogP contribution >= 0.6 is 23.2 Å². The molecular weight excluding hydrogens is 435 g/mol. The number of methoxy groups -OCH3 is 1. The number of nitrogens with one attached hydrogen (secondary N) is 1. The molecule has 0 aromatic heterocycles. The summed E-state index contributed by atoms with van der Waals surface area (Å²) in [5.41, 5.74) is 3.08. The maximum absolute atomic E-state index is 13.5. The van der Waals surface area contributed by atoms with Crippen LogP contribution in [0.1, 0.15) is 37.7 Å². The molecule has 5 nitrogen and oxygen atoms in total. The number of carbonyl (C=O) groups excluding carboxylic acids is 2. The molecule has 1 amide bonds. The number of anilines is 1. The average molecular weight is 457 g/mol. The fraction of sp³-hybridized carbons (Fsp3) is 0.292. The molecule has 31 heavy (non-hydrogen) atoms. The molecule has 2 aliphatic rings. The second-order valence-electron chi connectivity index (χ2n) is 7.70. The third kappa shape index (κ3) is 4.12. The zero-order chi connectivity index (χ0) is 22.1. The van der Waals surface area contributed by atoms with Crippen molar-refractivity contribution in [3.63, 3.8) is 0 Å². The molecule has 0 saturated heterocycles. The number of hydrogen-bond acceptors (Lipinski definition) is 4. The molecule has 1 N–H and O–H groups in total. The highest BCUT2D eigenvalue weighted by Crippen LogP contribution is 2.45. The Morgan fingerprint density at radius 1 is 1.13 bits per heavy atom. The summed E-state index contributed by atoms with van der Waals surface area (Å²) in [7, 11) is 1.55. The normalized spacial score (nSPS) is 20.8. The van der Waals surface area contributed by atoms with Crippen LogP contribution in [0.3, 0.4) is 0 Å². The fourth-order valence-electron chi connectivity index (χ4n) is 4.44. The Bertz CT molecular complexity index is 1120. The van der Waals surface area contributed by atoms with Crippen molar-refractivity contribution in [3.05, 3.63) is 69.3 Å². The van der Waals surface area contributed by atoms with Gasteiger partial charge in [-0.1, -0.05) is 41.4 Å². The Kier molecular flexibility index (Phi) is 6.17. The molecule has 2 aromatic carbocycles. The van der Waals surface area contributed by atoms with Crippen molar-refractivity contribution in [2.45, 2.75) is 32.1 Å². The van der Waals surface area contributed by atoms with E-state index in [0.29, 0.717) is 44.7 Å². The number of aliphatic imine (C=N–C) groups is 1. The number of fused-ring (bicyclic) bond motifs is 1. The first-order valence-corrected chi connectivity index (χ1v) is 10.9. The minimum atomic E-state index is -0.528. The molecule has 4 rings (SSSR count). The van der Waals surface area contributed by atoms with Gasteiger partial charge in [0.15, 0.2) is 0 Å². The number of ketones is 1. The van der Waals surface area contributed by atoms with Gasteiger partial charge in [0.25, 0.3) is 5.91 Å². The number of benzene rings is 2. The zero-order valence-corrected chi connectivity index (χ0v) is 18.8. The SMILES string of the molecule is COc1ccccc1NC(=O)C1=C(C)N=C2CCCC(=O)[C@@H]2[C@H]1c1ccc(Cl)cc1Cl. The zero-order valence-electron chi connectivity index (χ0n) is 17.2. The number of rotatable bonds is 4. The van der Waals surface area contributed by atoms with Crippen LogP contribution in [0.5, 0.6) is 5.75 Å². The summed E-state index contributed by atoms with van der Waals surface area (Å²) in [5, 5.41) is 3.85. The molecular formula is C24H22Cl2N2O3. The predicted octanol–water partition coefficient (Wildman–Crippen LogP) is 5.82. The van der Waals surface area contributed by atoms with Crippen molar-refractivity contribution in [1.82, 2.24) is 0 Å². The number of amides is 1. The van der Waals surface area contributed by atoms with Gasteiger partial charge in [-0.05, 0) is 49.6 Å². The number of hydrogen-bond donors (Lipinski definition) is 1. The minimum Gasteiger partial charge on any atom is -0.495 e. The lowest BCUT2D eigenvalue weighted by molar-refractivity contribution is -0.122. The van der Waals surface area contributed by atoms with Crippen LogP contribution in [0.15, 0.2) is 58.7 Å². The topological polar surface area (TPSA) is 67.8 Å². The summed E-state index contributed by atoms with van der Waals surface area (Å²) in [6.07, 6.45) is 1.97. The molecule has 1 heterocycles. The molecule has 1 fully saturated rings. The number of allylic oxidation sites excluding steroid dienone is 1. The molecule has 1 aliphatic heterocycles. The Labute approximate surface area is 191 Å². The van der Waals surface area contributed by atoms with Gasteiger partial charge >= 0.3 is 0 Å². The number of halogens is 2. The Balaban J connectivity index is 1.83. The largest absolute Gasteiger partial charge is 0.495 e. The molecule has 160 valence electrons. The van der Waals surface area contributed by atoms with E-state index >= 15 is 0 Å². The molecule has 0 unspecified atom stereocenters. The lowest BCUT2D eigenvalue weighted by atomic mass is 9.69. The second-order valence-corrected chi connectivity index (χ2v) is 8.54. The van der Waals surface area contributed by atoms with E-state index < -0.39 is 11.8 Å². The van der Waals surface area contributed by atoms with Crippen LogP contribution in [-0.2, 0) is 9.59 Å². The van der Waals surface area contributed by atoms with Crippen LogP contribution in [0.4, 0.5) is 5.69 Å². The van der Waals surface area contributed by atoms with Gasteiger partial charge in [-0.25, -0.2) is 0 Å². The number of para-hydroxylation sites is 2. The minimum absolute atomic E-state index is 0.0797. The summed E-state index contributed by atoms with van der Waals surface area (Å²) in [6.45, 7) is 1.80. The number of carbonyl (C=O) groups is 2. The highest BCUT2D eigenvalue weighted by molar-refractivity contribution is 6.35. The summed E-state index contributed by atoms with van der Waals surface area (Å²) in [4.78, 5) is 31.2. The van der Waals surface area contributed by atoms with E-state index in [4.69, 9.17) is 27.9 Å². The van der Waals surface area contributed by atoms with E-state index in [1.807, 2.05) is 12.1 Å². The van der Waals surface area contributed by atoms with Gasteiger partial charge < -0.3 is 10.1 Å². The molecule has 2 atom stereocenters. The van der Waals surface area contributed by atoms with Gasteiger partial charge in [0.1, 0.15) is 11.5 Å².